The summed E-state index contributed by atoms with van der Waals surface area (Å²) in [5, 5.41) is 0.550. The standard InChI is InChI=1S/C12H14ClN3O2S/c1-16(2)5-6-19(17,18)12-8-14-11-7-9(13)3-4-10(11)15-12/h3-4,7-8H,5-6H2,1-2H3. The highest BCUT2D eigenvalue weighted by atomic mass is 35.5. The van der Waals surface area contributed by atoms with Gasteiger partial charge in [0.1, 0.15) is 0 Å². The van der Waals surface area contributed by atoms with E-state index in [4.69, 9.17) is 11.6 Å². The fraction of sp³-hybridized carbons (Fsp3) is 0.333. The Labute approximate surface area is 117 Å². The zero-order valence-corrected chi connectivity index (χ0v) is 12.2. The average Bonchev–Trinajstić information content (AvgIpc) is 2.36. The molecule has 7 heteroatoms. The average molecular weight is 300 g/mol. The summed E-state index contributed by atoms with van der Waals surface area (Å²) in [6, 6.07) is 4.98. The van der Waals surface area contributed by atoms with Crippen LogP contribution in [-0.2, 0) is 9.84 Å². The molecular formula is C12H14ClN3O2S. The number of halogens is 1. The van der Waals surface area contributed by atoms with E-state index in [9.17, 15) is 8.42 Å². The van der Waals surface area contributed by atoms with Gasteiger partial charge in [0.05, 0.1) is 23.0 Å². The summed E-state index contributed by atoms with van der Waals surface area (Å²) in [5.41, 5.74) is 1.11. The van der Waals surface area contributed by atoms with Crippen LogP contribution in [0.4, 0.5) is 0 Å². The highest BCUT2D eigenvalue weighted by Gasteiger charge is 2.17. The number of hydrogen-bond acceptors (Lipinski definition) is 5. The number of rotatable bonds is 4. The molecule has 0 spiro atoms. The monoisotopic (exact) mass is 299 g/mol. The predicted molar refractivity (Wildman–Crippen MR) is 75.2 cm³/mol. The molecule has 0 N–H and O–H groups in total. The van der Waals surface area contributed by atoms with Gasteiger partial charge < -0.3 is 4.90 Å². The summed E-state index contributed by atoms with van der Waals surface area (Å²) in [6.07, 6.45) is 1.28. The van der Waals surface area contributed by atoms with Crippen LogP contribution in [0.25, 0.3) is 11.0 Å². The lowest BCUT2D eigenvalue weighted by Crippen LogP contribution is -2.22. The van der Waals surface area contributed by atoms with Crippen molar-refractivity contribution in [3.63, 3.8) is 0 Å². The molecule has 0 aliphatic heterocycles. The van der Waals surface area contributed by atoms with Crippen LogP contribution >= 0.6 is 11.6 Å². The lowest BCUT2D eigenvalue weighted by molar-refractivity contribution is 0.432. The summed E-state index contributed by atoms with van der Waals surface area (Å²) in [6.45, 7) is 0.447. The molecule has 5 nitrogen and oxygen atoms in total. The molecule has 102 valence electrons. The highest BCUT2D eigenvalue weighted by Crippen LogP contribution is 2.17. The van der Waals surface area contributed by atoms with E-state index in [1.807, 2.05) is 19.0 Å². The van der Waals surface area contributed by atoms with Gasteiger partial charge in [0.15, 0.2) is 14.9 Å². The van der Waals surface area contributed by atoms with Crippen LogP contribution in [0.1, 0.15) is 0 Å². The van der Waals surface area contributed by atoms with Crippen molar-refractivity contribution in [1.82, 2.24) is 14.9 Å². The fourth-order valence-corrected chi connectivity index (χ4v) is 2.96. The van der Waals surface area contributed by atoms with E-state index in [0.29, 0.717) is 22.6 Å². The maximum Gasteiger partial charge on any atom is 0.198 e. The van der Waals surface area contributed by atoms with E-state index in [2.05, 4.69) is 9.97 Å². The first-order valence-electron chi connectivity index (χ1n) is 5.68. The molecule has 1 aromatic heterocycles. The third-order valence-corrected chi connectivity index (χ3v) is 4.40. The van der Waals surface area contributed by atoms with E-state index in [1.165, 1.54) is 6.20 Å². The topological polar surface area (TPSA) is 63.2 Å². The minimum atomic E-state index is -3.41. The zero-order valence-electron chi connectivity index (χ0n) is 10.7. The first-order chi connectivity index (χ1) is 8.88. The van der Waals surface area contributed by atoms with Crippen LogP contribution in [0.2, 0.25) is 5.02 Å². The highest BCUT2D eigenvalue weighted by molar-refractivity contribution is 7.91. The van der Waals surface area contributed by atoms with E-state index < -0.39 is 9.84 Å². The first kappa shape index (κ1) is 14.2. The SMILES string of the molecule is CN(C)CCS(=O)(=O)c1cnc2cc(Cl)ccc2n1. The van der Waals surface area contributed by atoms with Gasteiger partial charge in [0.25, 0.3) is 0 Å². The summed E-state index contributed by atoms with van der Waals surface area (Å²) in [4.78, 5) is 10.0. The Kier molecular flexibility index (Phi) is 4.03. The van der Waals surface area contributed by atoms with E-state index in [-0.39, 0.29) is 10.8 Å². The maximum absolute atomic E-state index is 12.1. The number of fused-ring (bicyclic) bond motifs is 1. The Hall–Kier alpha value is -1.24. The molecule has 0 saturated carbocycles. The summed E-state index contributed by atoms with van der Waals surface area (Å²) < 4.78 is 24.2. The Balaban J connectivity index is 2.38. The lowest BCUT2D eigenvalue weighted by atomic mass is 10.3. The van der Waals surface area contributed by atoms with Crippen molar-refractivity contribution >= 4 is 32.5 Å². The molecule has 0 amide bonds. The largest absolute Gasteiger partial charge is 0.308 e. The fourth-order valence-electron chi connectivity index (χ4n) is 1.52. The summed E-state index contributed by atoms with van der Waals surface area (Å²) in [7, 11) is 0.241. The third-order valence-electron chi connectivity index (χ3n) is 2.61. The molecule has 1 heterocycles. The minimum absolute atomic E-state index is 0.00386. The first-order valence-corrected chi connectivity index (χ1v) is 7.71. The molecule has 0 bridgehead atoms. The van der Waals surface area contributed by atoms with Gasteiger partial charge in [-0.2, -0.15) is 0 Å². The maximum atomic E-state index is 12.1. The Bertz CT molecular complexity index is 701. The van der Waals surface area contributed by atoms with Crippen molar-refractivity contribution in [2.45, 2.75) is 5.03 Å². The molecule has 0 fully saturated rings. The van der Waals surface area contributed by atoms with Gasteiger partial charge >= 0.3 is 0 Å². The van der Waals surface area contributed by atoms with Crippen molar-refractivity contribution in [3.05, 3.63) is 29.4 Å². The number of hydrogen-bond donors (Lipinski definition) is 0. The molecule has 2 aromatic rings. The number of benzene rings is 1. The number of sulfone groups is 1. The molecule has 0 aliphatic rings. The summed E-state index contributed by atoms with van der Waals surface area (Å²) >= 11 is 5.84. The molecule has 1 aromatic carbocycles. The molecular weight excluding hydrogens is 286 g/mol. The predicted octanol–water partition coefficient (Wildman–Crippen LogP) is 1.62. The van der Waals surface area contributed by atoms with Gasteiger partial charge in [-0.05, 0) is 32.3 Å². The van der Waals surface area contributed by atoms with E-state index >= 15 is 0 Å². The van der Waals surface area contributed by atoms with Crippen LogP contribution in [-0.4, -0.2) is 49.7 Å². The minimum Gasteiger partial charge on any atom is -0.308 e. The Morgan fingerprint density at radius 2 is 2.00 bits per heavy atom. The quantitative estimate of drug-likeness (QED) is 0.858. The normalized spacial score (nSPS) is 12.2. The van der Waals surface area contributed by atoms with Crippen LogP contribution in [0.15, 0.2) is 29.4 Å². The number of aromatic nitrogens is 2. The third kappa shape index (κ3) is 3.40. The van der Waals surface area contributed by atoms with Gasteiger partial charge in [0, 0.05) is 11.6 Å². The van der Waals surface area contributed by atoms with Crippen LogP contribution in [0.5, 0.6) is 0 Å². The molecule has 0 saturated heterocycles. The van der Waals surface area contributed by atoms with Gasteiger partial charge in [-0.15, -0.1) is 0 Å². The Morgan fingerprint density at radius 1 is 1.26 bits per heavy atom. The second kappa shape index (κ2) is 5.40. The van der Waals surface area contributed by atoms with E-state index in [1.54, 1.807) is 18.2 Å². The van der Waals surface area contributed by atoms with Crippen molar-refractivity contribution in [2.24, 2.45) is 0 Å². The van der Waals surface area contributed by atoms with Crippen LogP contribution in [0.3, 0.4) is 0 Å². The number of nitrogens with zero attached hydrogens (tertiary/aromatic N) is 3. The van der Waals surface area contributed by atoms with Crippen molar-refractivity contribution in [3.8, 4) is 0 Å². The van der Waals surface area contributed by atoms with Crippen LogP contribution in [0, 0.1) is 0 Å². The van der Waals surface area contributed by atoms with Crippen LogP contribution < -0.4 is 0 Å². The molecule has 0 radical (unpaired) electrons. The van der Waals surface area contributed by atoms with Gasteiger partial charge in [-0.1, -0.05) is 11.6 Å². The van der Waals surface area contributed by atoms with Crippen molar-refractivity contribution < 1.29 is 8.42 Å². The van der Waals surface area contributed by atoms with Gasteiger partial charge in [-0.3, -0.25) is 4.98 Å². The molecule has 0 unspecified atom stereocenters. The molecule has 0 atom stereocenters. The van der Waals surface area contributed by atoms with E-state index in [0.717, 1.165) is 0 Å². The van der Waals surface area contributed by atoms with Gasteiger partial charge in [-0.25, -0.2) is 13.4 Å². The smallest absolute Gasteiger partial charge is 0.198 e. The lowest BCUT2D eigenvalue weighted by Gasteiger charge is -2.09. The second-order valence-electron chi connectivity index (χ2n) is 4.46. The second-order valence-corrected chi connectivity index (χ2v) is 6.96. The zero-order chi connectivity index (χ0) is 14.0. The van der Waals surface area contributed by atoms with Crippen molar-refractivity contribution in [2.75, 3.05) is 26.4 Å². The summed E-state index contributed by atoms with van der Waals surface area (Å²) in [5.74, 6) is 0.0216. The van der Waals surface area contributed by atoms with Gasteiger partial charge in [0.2, 0.25) is 0 Å². The van der Waals surface area contributed by atoms with Crippen molar-refractivity contribution in [1.29, 1.82) is 0 Å². The Morgan fingerprint density at radius 3 is 2.68 bits per heavy atom. The molecule has 2 rings (SSSR count). The molecule has 0 aliphatic carbocycles. The molecule has 19 heavy (non-hydrogen) atoms.